The van der Waals surface area contributed by atoms with Crippen LogP contribution in [0.15, 0.2) is 16.8 Å². The molecule has 0 unspecified atom stereocenters. The van der Waals surface area contributed by atoms with Crippen LogP contribution in [0, 0.1) is 10.4 Å². The molecule has 0 fully saturated rings. The number of nitrogens with one attached hydrogen (secondary N) is 1. The fourth-order valence-electron chi connectivity index (χ4n) is 1.66. The Bertz CT molecular complexity index is 589. The summed E-state index contributed by atoms with van der Waals surface area (Å²) in [5.74, 6) is 0. The van der Waals surface area contributed by atoms with E-state index in [-0.39, 0.29) is 16.6 Å². The van der Waals surface area contributed by atoms with Crippen molar-refractivity contribution in [1.82, 2.24) is 15.2 Å². The minimum atomic E-state index is -0.473. The van der Waals surface area contributed by atoms with Gasteiger partial charge in [0, 0.05) is 18.7 Å². The number of hydrogen-bond acceptors (Lipinski definition) is 5. The minimum absolute atomic E-state index is 0.0685. The predicted molar refractivity (Wildman–Crippen MR) is 67.6 cm³/mol. The molecule has 1 aliphatic heterocycles. The summed E-state index contributed by atoms with van der Waals surface area (Å²) < 4.78 is 4.75. The van der Waals surface area contributed by atoms with E-state index >= 15 is 0 Å². The van der Waals surface area contributed by atoms with Crippen LogP contribution in [-0.2, 0) is 0 Å². The molecule has 0 bridgehead atoms. The quantitative estimate of drug-likeness (QED) is 0.766. The number of aromatic nitrogens is 2. The lowest BCUT2D eigenvalue weighted by molar-refractivity contribution is 0.312. The normalized spacial score (nSPS) is 11.8. The minimum Gasteiger partial charge on any atom is -0.612 e. The average Bonchev–Trinajstić information content (AvgIpc) is 2.73. The van der Waals surface area contributed by atoms with Crippen molar-refractivity contribution >= 4 is 5.69 Å². The van der Waals surface area contributed by atoms with Gasteiger partial charge in [-0.2, -0.15) is 10.1 Å². The van der Waals surface area contributed by atoms with Crippen LogP contribution >= 0.6 is 0 Å². The van der Waals surface area contributed by atoms with E-state index in [1.54, 1.807) is 6.07 Å². The molecule has 1 aliphatic carbocycles. The zero-order valence-electron chi connectivity index (χ0n) is 10.7. The Morgan fingerprint density at radius 2 is 2.00 bits per heavy atom. The van der Waals surface area contributed by atoms with Gasteiger partial charge in [-0.3, -0.25) is 4.63 Å². The second-order valence-corrected chi connectivity index (χ2v) is 5.10. The molecule has 0 saturated heterocycles. The molecule has 18 heavy (non-hydrogen) atoms. The summed E-state index contributed by atoms with van der Waals surface area (Å²) in [6, 6.07) is 3.13. The van der Waals surface area contributed by atoms with Crippen LogP contribution in [0.1, 0.15) is 20.8 Å². The Morgan fingerprint density at radius 1 is 1.33 bits per heavy atom. The lowest BCUT2D eigenvalue weighted by Gasteiger charge is -2.34. The highest BCUT2D eigenvalue weighted by Crippen LogP contribution is 2.30. The first-order valence-corrected chi connectivity index (χ1v) is 5.50. The van der Waals surface area contributed by atoms with E-state index in [0.717, 1.165) is 5.69 Å². The average molecular weight is 251 g/mol. The van der Waals surface area contributed by atoms with Gasteiger partial charge in [0.1, 0.15) is 5.69 Å². The van der Waals surface area contributed by atoms with Gasteiger partial charge in [-0.15, -0.1) is 0 Å². The van der Waals surface area contributed by atoms with E-state index in [4.69, 9.17) is 4.63 Å². The monoisotopic (exact) mass is 251 g/mol. The Labute approximate surface area is 104 Å². The van der Waals surface area contributed by atoms with Gasteiger partial charge in [0.25, 0.3) is 5.36 Å². The molecular formula is C11H15N4O3-. The molecule has 2 rings (SSSR count). The molecule has 0 saturated carbocycles. The van der Waals surface area contributed by atoms with Crippen molar-refractivity contribution < 1.29 is 4.63 Å². The molecule has 1 heterocycles. The largest absolute Gasteiger partial charge is 0.612 e. The van der Waals surface area contributed by atoms with Gasteiger partial charge in [0.05, 0.1) is 5.69 Å². The second-order valence-electron chi connectivity index (χ2n) is 5.10. The maximum absolute atomic E-state index is 10.9. The second kappa shape index (κ2) is 3.94. The summed E-state index contributed by atoms with van der Waals surface area (Å²) in [7, 11) is 1.92. The number of hydrogen-bond donors (Lipinski definition) is 1. The summed E-state index contributed by atoms with van der Waals surface area (Å²) >= 11 is 0. The molecule has 0 aromatic heterocycles. The molecular weight excluding hydrogens is 236 g/mol. The van der Waals surface area contributed by atoms with Crippen molar-refractivity contribution in [3.63, 3.8) is 0 Å². The van der Waals surface area contributed by atoms with Gasteiger partial charge < -0.3 is 15.3 Å². The van der Waals surface area contributed by atoms with Crippen LogP contribution < -0.4 is 15.2 Å². The Balaban J connectivity index is 2.67. The van der Waals surface area contributed by atoms with E-state index in [1.165, 1.54) is 6.07 Å². The Kier molecular flexibility index (Phi) is 2.68. The molecule has 0 atom stereocenters. The van der Waals surface area contributed by atoms with Crippen molar-refractivity contribution in [2.75, 3.05) is 11.9 Å². The summed E-state index contributed by atoms with van der Waals surface area (Å²) in [5.41, 5.74) is 1.45. The lowest BCUT2D eigenvalue weighted by Crippen LogP contribution is -2.39. The maximum Gasteiger partial charge on any atom is 0.254 e. The zero-order valence-corrected chi connectivity index (χ0v) is 10.7. The number of benzene rings is 1. The number of fused-ring (bicyclic) bond motifs is 1. The van der Waals surface area contributed by atoms with Crippen LogP contribution in [0.4, 0.5) is 5.69 Å². The number of aromatic amines is 1. The summed E-state index contributed by atoms with van der Waals surface area (Å²) in [5, 5.41) is 28.0. The molecule has 7 nitrogen and oxygen atoms in total. The van der Waals surface area contributed by atoms with Gasteiger partial charge in [-0.1, -0.05) is 0 Å². The van der Waals surface area contributed by atoms with Crippen molar-refractivity contribution in [1.29, 1.82) is 0 Å². The van der Waals surface area contributed by atoms with E-state index in [2.05, 4.69) is 10.3 Å². The molecule has 2 aliphatic rings. The van der Waals surface area contributed by atoms with Gasteiger partial charge in [0.15, 0.2) is 0 Å². The number of rotatable bonds is 1. The molecule has 1 N–H and O–H groups in total. The van der Waals surface area contributed by atoms with Crippen molar-refractivity contribution in [2.45, 2.75) is 26.3 Å². The van der Waals surface area contributed by atoms with Crippen LogP contribution in [0.3, 0.4) is 0 Å². The molecule has 0 radical (unpaired) electrons. The number of anilines is 1. The van der Waals surface area contributed by atoms with Crippen LogP contribution in [-0.4, -0.2) is 22.9 Å². The first-order chi connectivity index (χ1) is 8.32. The van der Waals surface area contributed by atoms with E-state index < -0.39 is 4.90 Å². The molecule has 0 spiro atoms. The summed E-state index contributed by atoms with van der Waals surface area (Å²) in [4.78, 5) is 1.53. The number of nitrogens with zero attached hydrogens (tertiary/aromatic N) is 3. The third-order valence-corrected chi connectivity index (χ3v) is 2.98. The zero-order chi connectivity index (χ0) is 13.5. The van der Waals surface area contributed by atoms with Crippen molar-refractivity contribution in [3.05, 3.63) is 27.9 Å². The van der Waals surface area contributed by atoms with Crippen LogP contribution in [0.5, 0.6) is 0 Å². The fraction of sp³-hybridized carbons (Fsp3) is 0.455. The highest BCUT2D eigenvalue weighted by Gasteiger charge is 2.25. The highest BCUT2D eigenvalue weighted by atomic mass is 16.8. The van der Waals surface area contributed by atoms with Gasteiger partial charge >= 0.3 is 0 Å². The SMILES string of the molecule is CN(c1ccc(=[N+]([O-])[O-])c2no[nH]c1-2)C(C)(C)C. The lowest BCUT2D eigenvalue weighted by atomic mass is 10.0. The van der Waals surface area contributed by atoms with Gasteiger partial charge in [-0.05, 0) is 32.0 Å². The van der Waals surface area contributed by atoms with Crippen LogP contribution in [0.25, 0.3) is 11.4 Å². The van der Waals surface area contributed by atoms with E-state index in [0.29, 0.717) is 5.69 Å². The fourth-order valence-corrected chi connectivity index (χ4v) is 1.66. The summed E-state index contributed by atoms with van der Waals surface area (Å²) in [6.45, 7) is 6.15. The molecule has 0 aromatic carbocycles. The first-order valence-electron chi connectivity index (χ1n) is 5.50. The highest BCUT2D eigenvalue weighted by molar-refractivity contribution is 5.73. The third kappa shape index (κ3) is 1.87. The van der Waals surface area contributed by atoms with E-state index in [1.807, 2.05) is 32.7 Å². The molecule has 0 amide bonds. The maximum atomic E-state index is 10.9. The third-order valence-electron chi connectivity index (χ3n) is 2.98. The topological polar surface area (TPSA) is 94.2 Å². The molecule has 98 valence electrons. The smallest absolute Gasteiger partial charge is 0.254 e. The van der Waals surface area contributed by atoms with Crippen LogP contribution in [0.2, 0.25) is 0 Å². The van der Waals surface area contributed by atoms with E-state index in [9.17, 15) is 10.4 Å². The standard InChI is InChI=1S/C11H15N4O3/c1-11(2,3)14(4)7-5-6-8(15(16)17)10-9(7)12-18-13-10/h5-6,12H,1-4H3/q-1. The van der Waals surface area contributed by atoms with Gasteiger partial charge in [0.2, 0.25) is 5.69 Å². The first kappa shape index (κ1) is 12.3. The predicted octanol–water partition coefficient (Wildman–Crippen LogP) is 1.11. The molecule has 0 aromatic rings. The Morgan fingerprint density at radius 3 is 2.56 bits per heavy atom. The van der Waals surface area contributed by atoms with Gasteiger partial charge in [-0.25, -0.2) is 0 Å². The van der Waals surface area contributed by atoms with Crippen molar-refractivity contribution in [2.24, 2.45) is 0 Å². The number of H-pyrrole nitrogens is 1. The molecule has 7 heteroatoms. The summed E-state index contributed by atoms with van der Waals surface area (Å²) in [6.07, 6.45) is 0. The Hall–Kier alpha value is -2.18. The van der Waals surface area contributed by atoms with Crippen molar-refractivity contribution in [3.8, 4) is 11.4 Å².